The van der Waals surface area contributed by atoms with Crippen LogP contribution in [0.25, 0.3) is 11.1 Å². The second-order valence-electron chi connectivity index (χ2n) is 4.69. The van der Waals surface area contributed by atoms with E-state index in [4.69, 9.17) is 5.11 Å². The van der Waals surface area contributed by atoms with Crippen LogP contribution in [-0.4, -0.2) is 24.2 Å². The molecule has 3 nitrogen and oxygen atoms in total. The molecule has 0 saturated heterocycles. The first-order valence-corrected chi connectivity index (χ1v) is 6.40. The van der Waals surface area contributed by atoms with E-state index in [1.165, 1.54) is 22.3 Å². The maximum Gasteiger partial charge on any atom is 0.251 e. The number of aliphatic hydroxyl groups excluding tert-OH is 1. The van der Waals surface area contributed by atoms with E-state index in [2.05, 4.69) is 17.4 Å². The number of benzene rings is 2. The van der Waals surface area contributed by atoms with E-state index in [1.807, 2.05) is 30.3 Å². The van der Waals surface area contributed by atoms with Crippen LogP contribution in [0.5, 0.6) is 0 Å². The number of hydrogen-bond donors (Lipinski definition) is 2. The van der Waals surface area contributed by atoms with Crippen molar-refractivity contribution in [1.29, 1.82) is 0 Å². The smallest absolute Gasteiger partial charge is 0.251 e. The molecular weight excluding hydrogens is 238 g/mol. The fourth-order valence-electron chi connectivity index (χ4n) is 2.56. The molecule has 0 aliphatic heterocycles. The van der Waals surface area contributed by atoms with Crippen LogP contribution in [0.4, 0.5) is 0 Å². The minimum absolute atomic E-state index is 0. The Morgan fingerprint density at radius 1 is 1.16 bits per heavy atom. The van der Waals surface area contributed by atoms with Crippen LogP contribution >= 0.6 is 0 Å². The highest BCUT2D eigenvalue weighted by molar-refractivity contribution is 5.95. The Morgan fingerprint density at radius 2 is 1.95 bits per heavy atom. The summed E-state index contributed by atoms with van der Waals surface area (Å²) in [5.41, 5.74) is 5.64. The molecule has 3 rings (SSSR count). The first-order valence-electron chi connectivity index (χ1n) is 6.40. The van der Waals surface area contributed by atoms with Crippen molar-refractivity contribution in [3.63, 3.8) is 0 Å². The van der Waals surface area contributed by atoms with Gasteiger partial charge in [0.1, 0.15) is 0 Å². The number of fused-ring (bicyclic) bond motifs is 3. The van der Waals surface area contributed by atoms with Crippen LogP contribution in [-0.2, 0) is 6.42 Å². The van der Waals surface area contributed by atoms with Crippen LogP contribution in [0.3, 0.4) is 0 Å². The number of hydrogen-bond acceptors (Lipinski definition) is 2. The van der Waals surface area contributed by atoms with Crippen LogP contribution in [0, 0.1) is 0 Å². The third-order valence-corrected chi connectivity index (χ3v) is 3.45. The van der Waals surface area contributed by atoms with Gasteiger partial charge in [0.05, 0.1) is 6.61 Å². The lowest BCUT2D eigenvalue weighted by atomic mass is 10.0. The zero-order valence-electron chi connectivity index (χ0n) is 10.5. The van der Waals surface area contributed by atoms with E-state index < -0.39 is 0 Å². The molecular formula is C16H17NO2. The molecule has 0 unspecified atom stereocenters. The van der Waals surface area contributed by atoms with Crippen LogP contribution in [0.15, 0.2) is 42.5 Å². The van der Waals surface area contributed by atoms with Crippen molar-refractivity contribution in [1.82, 2.24) is 5.32 Å². The normalized spacial score (nSPS) is 11.8. The van der Waals surface area contributed by atoms with Crippen molar-refractivity contribution >= 4 is 5.91 Å². The molecule has 0 radical (unpaired) electrons. The highest BCUT2D eigenvalue weighted by atomic mass is 16.3. The first-order chi connectivity index (χ1) is 9.29. The van der Waals surface area contributed by atoms with E-state index in [0.29, 0.717) is 5.56 Å². The Balaban J connectivity index is 0.00000147. The molecule has 0 aromatic heterocycles. The summed E-state index contributed by atoms with van der Waals surface area (Å²) in [4.78, 5) is 11.9. The molecule has 0 spiro atoms. The third kappa shape index (κ3) is 2.13. The van der Waals surface area contributed by atoms with Gasteiger partial charge >= 0.3 is 0 Å². The second-order valence-corrected chi connectivity index (χ2v) is 4.69. The zero-order chi connectivity index (χ0) is 13.2. The summed E-state index contributed by atoms with van der Waals surface area (Å²) in [5.74, 6) is -0.132. The number of rotatable bonds is 3. The summed E-state index contributed by atoms with van der Waals surface area (Å²) >= 11 is 0. The molecule has 98 valence electrons. The zero-order valence-corrected chi connectivity index (χ0v) is 10.5. The van der Waals surface area contributed by atoms with Crippen molar-refractivity contribution < 1.29 is 11.3 Å². The lowest BCUT2D eigenvalue weighted by Gasteiger charge is -2.06. The quantitative estimate of drug-likeness (QED) is 0.754. The largest absolute Gasteiger partial charge is 0.395 e. The Morgan fingerprint density at radius 3 is 2.79 bits per heavy atom. The predicted octanol–water partition coefficient (Wildman–Crippen LogP) is 2.23. The number of nitrogens with one attached hydrogen (secondary N) is 1. The Bertz CT molecular complexity index is 640. The number of aliphatic hydroxyl groups is 1. The lowest BCUT2D eigenvalue weighted by molar-refractivity contribution is 0.0944. The van der Waals surface area contributed by atoms with Gasteiger partial charge in [0, 0.05) is 13.5 Å². The topological polar surface area (TPSA) is 49.3 Å². The second kappa shape index (κ2) is 4.86. The summed E-state index contributed by atoms with van der Waals surface area (Å²) < 4.78 is 0. The Hall–Kier alpha value is -2.13. The van der Waals surface area contributed by atoms with Gasteiger partial charge < -0.3 is 10.4 Å². The molecule has 3 heteroatoms. The number of amides is 1. The monoisotopic (exact) mass is 255 g/mol. The summed E-state index contributed by atoms with van der Waals surface area (Å²) in [5, 5.41) is 11.4. The Kier molecular flexibility index (Phi) is 3.05. The standard InChI is InChI=1S/C16H15NO2.H2/c18-8-7-17-16(19)12-5-6-15-13(10-12)9-11-3-1-2-4-14(11)15;/h1-6,10,18H,7-9H2,(H,17,19);1H. The summed E-state index contributed by atoms with van der Waals surface area (Å²) in [6, 6.07) is 14.1. The van der Waals surface area contributed by atoms with Crippen molar-refractivity contribution in [2.45, 2.75) is 6.42 Å². The molecule has 1 aliphatic rings. The van der Waals surface area contributed by atoms with Crippen molar-refractivity contribution in [3.05, 3.63) is 59.2 Å². The van der Waals surface area contributed by atoms with Crippen molar-refractivity contribution in [2.75, 3.05) is 13.2 Å². The van der Waals surface area contributed by atoms with Crippen molar-refractivity contribution in [3.8, 4) is 11.1 Å². The van der Waals surface area contributed by atoms with E-state index in [1.54, 1.807) is 0 Å². The fourth-order valence-corrected chi connectivity index (χ4v) is 2.56. The number of carbonyl (C=O) groups excluding carboxylic acids is 1. The van der Waals surface area contributed by atoms with Crippen LogP contribution in [0.1, 0.15) is 22.9 Å². The molecule has 0 atom stereocenters. The highest BCUT2D eigenvalue weighted by Gasteiger charge is 2.19. The van der Waals surface area contributed by atoms with Gasteiger partial charge in [-0.15, -0.1) is 0 Å². The average Bonchev–Trinajstić information content (AvgIpc) is 2.82. The third-order valence-electron chi connectivity index (χ3n) is 3.45. The maximum atomic E-state index is 11.9. The van der Waals surface area contributed by atoms with Gasteiger partial charge in [-0.2, -0.15) is 0 Å². The van der Waals surface area contributed by atoms with Crippen molar-refractivity contribution in [2.24, 2.45) is 0 Å². The lowest BCUT2D eigenvalue weighted by Crippen LogP contribution is -2.26. The molecule has 0 saturated carbocycles. The van der Waals surface area contributed by atoms with Gasteiger partial charge in [0.2, 0.25) is 0 Å². The molecule has 0 fully saturated rings. The average molecular weight is 255 g/mol. The number of carbonyl (C=O) groups is 1. The van der Waals surface area contributed by atoms with Gasteiger partial charge in [0.15, 0.2) is 0 Å². The van der Waals surface area contributed by atoms with Crippen LogP contribution < -0.4 is 5.32 Å². The molecule has 1 aliphatic carbocycles. The van der Waals surface area contributed by atoms with Gasteiger partial charge in [-0.1, -0.05) is 30.3 Å². The molecule has 19 heavy (non-hydrogen) atoms. The molecule has 1 amide bonds. The minimum atomic E-state index is -0.132. The summed E-state index contributed by atoms with van der Waals surface area (Å²) in [6.07, 6.45) is 0.882. The van der Waals surface area contributed by atoms with E-state index >= 15 is 0 Å². The molecule has 2 aromatic carbocycles. The van der Waals surface area contributed by atoms with Gasteiger partial charge in [-0.05, 0) is 40.8 Å². The minimum Gasteiger partial charge on any atom is -0.395 e. The van der Waals surface area contributed by atoms with E-state index in [0.717, 1.165) is 6.42 Å². The SMILES string of the molecule is O=C(NCCO)c1ccc2c(c1)Cc1ccccc1-2.[HH]. The van der Waals surface area contributed by atoms with Crippen LogP contribution in [0.2, 0.25) is 0 Å². The summed E-state index contributed by atoms with van der Waals surface area (Å²) in [7, 11) is 0. The van der Waals surface area contributed by atoms with E-state index in [-0.39, 0.29) is 20.5 Å². The molecule has 2 N–H and O–H groups in total. The van der Waals surface area contributed by atoms with Gasteiger partial charge in [0.25, 0.3) is 5.91 Å². The predicted molar refractivity (Wildman–Crippen MR) is 76.2 cm³/mol. The highest BCUT2D eigenvalue weighted by Crippen LogP contribution is 2.36. The molecule has 0 heterocycles. The summed E-state index contributed by atoms with van der Waals surface area (Å²) in [6.45, 7) is 0.248. The van der Waals surface area contributed by atoms with Gasteiger partial charge in [-0.25, -0.2) is 0 Å². The van der Waals surface area contributed by atoms with Gasteiger partial charge in [-0.3, -0.25) is 4.79 Å². The van der Waals surface area contributed by atoms with E-state index in [9.17, 15) is 4.79 Å². The Labute approximate surface area is 113 Å². The maximum absolute atomic E-state index is 11.9. The first kappa shape index (κ1) is 11.9. The fraction of sp³-hybridized carbons (Fsp3) is 0.188. The molecule has 0 bridgehead atoms. The molecule has 2 aromatic rings.